The molecule has 2 heteroatoms. The summed E-state index contributed by atoms with van der Waals surface area (Å²) in [6.45, 7) is 11.4. The van der Waals surface area contributed by atoms with E-state index in [-0.39, 0.29) is 0 Å². The van der Waals surface area contributed by atoms with Crippen LogP contribution in [0.5, 0.6) is 0 Å². The lowest BCUT2D eigenvalue weighted by Crippen LogP contribution is -2.27. The largest absolute Gasteiger partial charge is 0.396 e. The third-order valence-corrected chi connectivity index (χ3v) is 2.52. The molecule has 0 aliphatic carbocycles. The van der Waals surface area contributed by atoms with E-state index in [9.17, 15) is 0 Å². The number of aliphatic hydroxyl groups is 1. The number of hydrogen-bond acceptors (Lipinski definition) is 2. The summed E-state index contributed by atoms with van der Waals surface area (Å²) in [5.74, 6) is 0.479. The molecule has 92 valence electrons. The fraction of sp³-hybridized carbons (Fsp3) is 1.00. The van der Waals surface area contributed by atoms with Gasteiger partial charge in [-0.1, -0.05) is 40.5 Å². The van der Waals surface area contributed by atoms with Crippen LogP contribution in [0.4, 0.5) is 0 Å². The summed E-state index contributed by atoms with van der Waals surface area (Å²) in [7, 11) is 0. The van der Waals surface area contributed by atoms with Crippen LogP contribution in [-0.2, 0) is 0 Å². The van der Waals surface area contributed by atoms with Gasteiger partial charge in [0.2, 0.25) is 0 Å². The van der Waals surface area contributed by atoms with Gasteiger partial charge in [-0.3, -0.25) is 0 Å². The molecule has 0 saturated carbocycles. The van der Waals surface area contributed by atoms with Crippen molar-refractivity contribution in [3.05, 3.63) is 0 Å². The Morgan fingerprint density at radius 1 is 1.13 bits per heavy atom. The molecule has 0 radical (unpaired) electrons. The Kier molecular flexibility index (Phi) is 8.07. The van der Waals surface area contributed by atoms with Crippen molar-refractivity contribution in [1.82, 2.24) is 5.32 Å². The topological polar surface area (TPSA) is 32.3 Å². The van der Waals surface area contributed by atoms with Gasteiger partial charge in [-0.05, 0) is 37.3 Å². The second-order valence-electron chi connectivity index (χ2n) is 5.87. The summed E-state index contributed by atoms with van der Waals surface area (Å²) in [5, 5.41) is 12.3. The van der Waals surface area contributed by atoms with E-state index in [4.69, 9.17) is 5.11 Å². The molecule has 1 atom stereocenters. The van der Waals surface area contributed by atoms with Crippen LogP contribution < -0.4 is 5.32 Å². The summed E-state index contributed by atoms with van der Waals surface area (Å²) < 4.78 is 0. The molecule has 0 bridgehead atoms. The van der Waals surface area contributed by atoms with Gasteiger partial charge in [0.1, 0.15) is 0 Å². The molecule has 0 aromatic rings. The molecule has 1 unspecified atom stereocenters. The van der Waals surface area contributed by atoms with Crippen LogP contribution >= 0.6 is 0 Å². The number of unbranched alkanes of at least 4 members (excludes halogenated alkanes) is 2. The van der Waals surface area contributed by atoms with E-state index in [1.54, 1.807) is 0 Å². The molecule has 0 heterocycles. The predicted molar refractivity (Wildman–Crippen MR) is 67.0 cm³/mol. The summed E-state index contributed by atoms with van der Waals surface area (Å²) >= 11 is 0. The fourth-order valence-electron chi connectivity index (χ4n) is 1.47. The van der Waals surface area contributed by atoms with Crippen LogP contribution in [0.3, 0.4) is 0 Å². The van der Waals surface area contributed by atoms with Gasteiger partial charge in [-0.25, -0.2) is 0 Å². The molecule has 0 aliphatic rings. The zero-order chi connectivity index (χ0) is 11.7. The standard InChI is InChI=1S/C13H29NO/c1-12(10-15)8-6-5-7-9-14-11-13(2,3)4/h12,14-15H,5-11H2,1-4H3. The van der Waals surface area contributed by atoms with Gasteiger partial charge in [0.05, 0.1) is 0 Å². The van der Waals surface area contributed by atoms with Crippen LogP contribution in [0.25, 0.3) is 0 Å². The van der Waals surface area contributed by atoms with E-state index >= 15 is 0 Å². The van der Waals surface area contributed by atoms with Gasteiger partial charge < -0.3 is 10.4 Å². The highest BCUT2D eigenvalue weighted by atomic mass is 16.3. The molecule has 0 saturated heterocycles. The van der Waals surface area contributed by atoms with E-state index in [2.05, 4.69) is 33.0 Å². The Balaban J connectivity index is 3.12. The lowest BCUT2D eigenvalue weighted by Gasteiger charge is -2.18. The van der Waals surface area contributed by atoms with E-state index < -0.39 is 0 Å². The molecule has 0 fully saturated rings. The Bertz CT molecular complexity index is 140. The predicted octanol–water partition coefficient (Wildman–Crippen LogP) is 2.81. The molecule has 2 nitrogen and oxygen atoms in total. The van der Waals surface area contributed by atoms with Gasteiger partial charge in [-0.2, -0.15) is 0 Å². The molecule has 0 aliphatic heterocycles. The maximum absolute atomic E-state index is 8.85. The summed E-state index contributed by atoms with van der Waals surface area (Å²) in [6, 6.07) is 0. The van der Waals surface area contributed by atoms with Gasteiger partial charge in [-0.15, -0.1) is 0 Å². The van der Waals surface area contributed by atoms with E-state index in [0.29, 0.717) is 17.9 Å². The zero-order valence-electron chi connectivity index (χ0n) is 11.0. The van der Waals surface area contributed by atoms with Crippen LogP contribution in [0.2, 0.25) is 0 Å². The highest BCUT2D eigenvalue weighted by Gasteiger charge is 2.08. The molecule has 2 N–H and O–H groups in total. The molecule has 0 rings (SSSR count). The second kappa shape index (κ2) is 8.12. The average molecular weight is 215 g/mol. The summed E-state index contributed by atoms with van der Waals surface area (Å²) in [6.07, 6.45) is 4.95. The normalized spacial score (nSPS) is 14.2. The Hall–Kier alpha value is -0.0800. The van der Waals surface area contributed by atoms with Crippen LogP contribution in [0.1, 0.15) is 53.4 Å². The second-order valence-corrected chi connectivity index (χ2v) is 5.87. The van der Waals surface area contributed by atoms with E-state index in [0.717, 1.165) is 19.5 Å². The van der Waals surface area contributed by atoms with Crippen molar-refractivity contribution < 1.29 is 5.11 Å². The SMILES string of the molecule is CC(CO)CCCCCNCC(C)(C)C. The Labute approximate surface area is 95.5 Å². The molecular weight excluding hydrogens is 186 g/mol. The van der Waals surface area contributed by atoms with Gasteiger partial charge in [0, 0.05) is 6.61 Å². The van der Waals surface area contributed by atoms with E-state index in [1.165, 1.54) is 19.3 Å². The molecule has 0 aromatic heterocycles. The van der Waals surface area contributed by atoms with Crippen LogP contribution in [-0.4, -0.2) is 24.8 Å². The van der Waals surface area contributed by atoms with Crippen molar-refractivity contribution in [2.24, 2.45) is 11.3 Å². The molecule has 15 heavy (non-hydrogen) atoms. The van der Waals surface area contributed by atoms with Crippen molar-refractivity contribution in [2.75, 3.05) is 19.7 Å². The monoisotopic (exact) mass is 215 g/mol. The summed E-state index contributed by atoms with van der Waals surface area (Å²) in [4.78, 5) is 0. The lowest BCUT2D eigenvalue weighted by atomic mass is 9.97. The zero-order valence-corrected chi connectivity index (χ0v) is 11.0. The van der Waals surface area contributed by atoms with Crippen molar-refractivity contribution in [2.45, 2.75) is 53.4 Å². The minimum absolute atomic E-state index is 0.336. The molecular formula is C13H29NO. The first-order valence-electron chi connectivity index (χ1n) is 6.27. The third-order valence-electron chi connectivity index (χ3n) is 2.52. The molecule has 0 spiro atoms. The first-order chi connectivity index (χ1) is 6.95. The van der Waals surface area contributed by atoms with Crippen LogP contribution in [0.15, 0.2) is 0 Å². The van der Waals surface area contributed by atoms with Crippen molar-refractivity contribution in [1.29, 1.82) is 0 Å². The van der Waals surface area contributed by atoms with Gasteiger partial charge in [0.25, 0.3) is 0 Å². The smallest absolute Gasteiger partial charge is 0.0456 e. The average Bonchev–Trinajstić information content (AvgIpc) is 2.14. The minimum atomic E-state index is 0.336. The third kappa shape index (κ3) is 11.8. The maximum Gasteiger partial charge on any atom is 0.0456 e. The minimum Gasteiger partial charge on any atom is -0.396 e. The van der Waals surface area contributed by atoms with Crippen LogP contribution in [0, 0.1) is 11.3 Å². The highest BCUT2D eigenvalue weighted by molar-refractivity contribution is 4.64. The number of rotatable bonds is 8. The number of hydrogen-bond donors (Lipinski definition) is 2. The Morgan fingerprint density at radius 3 is 2.33 bits per heavy atom. The fourth-order valence-corrected chi connectivity index (χ4v) is 1.47. The first-order valence-corrected chi connectivity index (χ1v) is 6.27. The van der Waals surface area contributed by atoms with E-state index in [1.807, 2.05) is 0 Å². The molecule has 0 aromatic carbocycles. The quantitative estimate of drug-likeness (QED) is 0.610. The number of aliphatic hydroxyl groups excluding tert-OH is 1. The lowest BCUT2D eigenvalue weighted by molar-refractivity contribution is 0.227. The first kappa shape index (κ1) is 14.9. The maximum atomic E-state index is 8.85. The van der Waals surface area contributed by atoms with Crippen molar-refractivity contribution >= 4 is 0 Å². The summed E-state index contributed by atoms with van der Waals surface area (Å²) in [5.41, 5.74) is 0.394. The van der Waals surface area contributed by atoms with Gasteiger partial charge in [0.15, 0.2) is 0 Å². The van der Waals surface area contributed by atoms with Crippen molar-refractivity contribution in [3.8, 4) is 0 Å². The number of nitrogens with one attached hydrogen (secondary N) is 1. The highest BCUT2D eigenvalue weighted by Crippen LogP contribution is 2.11. The Morgan fingerprint density at radius 2 is 1.80 bits per heavy atom. The van der Waals surface area contributed by atoms with Crippen molar-refractivity contribution in [3.63, 3.8) is 0 Å². The molecule has 0 amide bonds. The van der Waals surface area contributed by atoms with Gasteiger partial charge >= 0.3 is 0 Å².